The van der Waals surface area contributed by atoms with Gasteiger partial charge in [0.25, 0.3) is 5.91 Å². The molecule has 0 bridgehead atoms. The Morgan fingerprint density at radius 3 is 3.25 bits per heavy atom. The van der Waals surface area contributed by atoms with Gasteiger partial charge < -0.3 is 9.91 Å². The Hall–Kier alpha value is -1.03. The van der Waals surface area contributed by atoms with E-state index in [1.54, 1.807) is 4.90 Å². The maximum atomic E-state index is 11.6. The standard InChI is InChI=1S/C8H13N3O/c1-2-10-5-6-11-7(8(10)12)3-4-9-11/h5-7,9H,2-4H2,1H3. The van der Waals surface area contributed by atoms with Crippen LogP contribution in [0.2, 0.25) is 0 Å². The van der Waals surface area contributed by atoms with Gasteiger partial charge in [-0.25, -0.2) is 5.43 Å². The third kappa shape index (κ3) is 0.992. The van der Waals surface area contributed by atoms with Gasteiger partial charge >= 0.3 is 0 Å². The van der Waals surface area contributed by atoms with Crippen molar-refractivity contribution >= 4 is 5.91 Å². The van der Waals surface area contributed by atoms with E-state index in [1.807, 2.05) is 24.3 Å². The Labute approximate surface area is 71.8 Å². The van der Waals surface area contributed by atoms with E-state index in [-0.39, 0.29) is 11.9 Å². The van der Waals surface area contributed by atoms with Gasteiger partial charge in [-0.2, -0.15) is 0 Å². The summed E-state index contributed by atoms with van der Waals surface area (Å²) in [6.07, 6.45) is 4.68. The van der Waals surface area contributed by atoms with Gasteiger partial charge in [0.1, 0.15) is 6.04 Å². The first-order valence-corrected chi connectivity index (χ1v) is 4.33. The summed E-state index contributed by atoms with van der Waals surface area (Å²) in [5, 5.41) is 1.90. The van der Waals surface area contributed by atoms with Crippen LogP contribution in [0.4, 0.5) is 0 Å². The fourth-order valence-electron chi connectivity index (χ4n) is 1.66. The molecule has 1 unspecified atom stereocenters. The van der Waals surface area contributed by atoms with E-state index in [1.165, 1.54) is 0 Å². The first kappa shape index (κ1) is 7.61. The van der Waals surface area contributed by atoms with Crippen molar-refractivity contribution in [2.24, 2.45) is 0 Å². The molecule has 1 saturated heterocycles. The quantitative estimate of drug-likeness (QED) is 0.592. The maximum Gasteiger partial charge on any atom is 0.250 e. The Morgan fingerprint density at radius 2 is 2.50 bits per heavy atom. The number of carbonyl (C=O) groups is 1. The van der Waals surface area contributed by atoms with Crippen LogP contribution in [0.5, 0.6) is 0 Å². The van der Waals surface area contributed by atoms with Crippen molar-refractivity contribution in [2.75, 3.05) is 13.1 Å². The summed E-state index contributed by atoms with van der Waals surface area (Å²) in [6, 6.07) is 0.0370. The zero-order chi connectivity index (χ0) is 8.55. The summed E-state index contributed by atoms with van der Waals surface area (Å²) in [7, 11) is 0. The van der Waals surface area contributed by atoms with Gasteiger partial charge in [0.05, 0.1) is 0 Å². The SMILES string of the molecule is CCN1C=CN2NCCC2C1=O. The average Bonchev–Trinajstić information content (AvgIpc) is 2.53. The number of rotatable bonds is 1. The van der Waals surface area contributed by atoms with E-state index in [0.29, 0.717) is 0 Å². The lowest BCUT2D eigenvalue weighted by Gasteiger charge is -2.30. The molecule has 66 valence electrons. The summed E-state index contributed by atoms with van der Waals surface area (Å²) >= 11 is 0. The van der Waals surface area contributed by atoms with Crippen LogP contribution in [0.3, 0.4) is 0 Å². The fourth-order valence-corrected chi connectivity index (χ4v) is 1.66. The summed E-state index contributed by atoms with van der Waals surface area (Å²) < 4.78 is 0. The monoisotopic (exact) mass is 167 g/mol. The lowest BCUT2D eigenvalue weighted by molar-refractivity contribution is -0.134. The van der Waals surface area contributed by atoms with Crippen LogP contribution in [0.1, 0.15) is 13.3 Å². The van der Waals surface area contributed by atoms with Gasteiger partial charge in [-0.3, -0.25) is 4.79 Å². The molecule has 2 heterocycles. The molecule has 2 aliphatic rings. The van der Waals surface area contributed by atoms with Crippen LogP contribution >= 0.6 is 0 Å². The van der Waals surface area contributed by atoms with Crippen molar-refractivity contribution < 1.29 is 4.79 Å². The van der Waals surface area contributed by atoms with Gasteiger partial charge in [-0.15, -0.1) is 0 Å². The van der Waals surface area contributed by atoms with Crippen molar-refractivity contribution in [1.82, 2.24) is 15.3 Å². The van der Waals surface area contributed by atoms with E-state index in [0.717, 1.165) is 19.5 Å². The smallest absolute Gasteiger partial charge is 0.250 e. The highest BCUT2D eigenvalue weighted by Gasteiger charge is 2.33. The molecule has 4 heteroatoms. The molecule has 1 amide bonds. The maximum absolute atomic E-state index is 11.6. The van der Waals surface area contributed by atoms with E-state index >= 15 is 0 Å². The number of hydrogen-bond donors (Lipinski definition) is 1. The molecule has 1 N–H and O–H groups in total. The molecule has 0 aromatic carbocycles. The fraction of sp³-hybridized carbons (Fsp3) is 0.625. The van der Waals surface area contributed by atoms with Crippen LogP contribution < -0.4 is 5.43 Å². The minimum Gasteiger partial charge on any atom is -0.316 e. The van der Waals surface area contributed by atoms with Crippen LogP contribution in [0.25, 0.3) is 0 Å². The van der Waals surface area contributed by atoms with Crippen LogP contribution in [-0.2, 0) is 4.79 Å². The molecule has 0 saturated carbocycles. The summed E-state index contributed by atoms with van der Waals surface area (Å²) in [5.41, 5.74) is 3.13. The van der Waals surface area contributed by atoms with Crippen molar-refractivity contribution in [3.05, 3.63) is 12.4 Å². The molecule has 0 aromatic rings. The van der Waals surface area contributed by atoms with Gasteiger partial charge in [-0.05, 0) is 13.3 Å². The second kappa shape index (κ2) is 2.79. The molecule has 1 fully saturated rings. The highest BCUT2D eigenvalue weighted by atomic mass is 16.2. The highest BCUT2D eigenvalue weighted by Crippen LogP contribution is 2.16. The van der Waals surface area contributed by atoms with E-state index in [4.69, 9.17) is 0 Å². The van der Waals surface area contributed by atoms with Gasteiger partial charge in [0, 0.05) is 25.5 Å². The Kier molecular flexibility index (Phi) is 1.77. The zero-order valence-electron chi connectivity index (χ0n) is 7.16. The molecule has 12 heavy (non-hydrogen) atoms. The van der Waals surface area contributed by atoms with Crippen molar-refractivity contribution in [1.29, 1.82) is 0 Å². The first-order valence-electron chi connectivity index (χ1n) is 4.33. The second-order valence-corrected chi connectivity index (χ2v) is 3.04. The van der Waals surface area contributed by atoms with E-state index in [2.05, 4.69) is 5.43 Å². The largest absolute Gasteiger partial charge is 0.316 e. The first-order chi connectivity index (χ1) is 5.83. The molecular weight excluding hydrogens is 154 g/mol. The molecule has 0 radical (unpaired) electrons. The van der Waals surface area contributed by atoms with Crippen LogP contribution in [0, 0.1) is 0 Å². The summed E-state index contributed by atoms with van der Waals surface area (Å²) in [5.74, 6) is 0.213. The van der Waals surface area contributed by atoms with Gasteiger partial charge in [0.15, 0.2) is 0 Å². The number of carbonyl (C=O) groups excluding carboxylic acids is 1. The lowest BCUT2D eigenvalue weighted by Crippen LogP contribution is -2.47. The van der Waals surface area contributed by atoms with Gasteiger partial charge in [-0.1, -0.05) is 0 Å². The molecule has 2 aliphatic heterocycles. The molecule has 0 spiro atoms. The average molecular weight is 167 g/mol. The highest BCUT2D eigenvalue weighted by molar-refractivity contribution is 5.84. The Morgan fingerprint density at radius 1 is 1.67 bits per heavy atom. The molecule has 4 nitrogen and oxygen atoms in total. The van der Waals surface area contributed by atoms with Crippen molar-refractivity contribution in [2.45, 2.75) is 19.4 Å². The molecule has 1 atom stereocenters. The Balaban J connectivity index is 2.19. The molecular formula is C8H13N3O. The second-order valence-electron chi connectivity index (χ2n) is 3.04. The van der Waals surface area contributed by atoms with E-state index < -0.39 is 0 Å². The zero-order valence-corrected chi connectivity index (χ0v) is 7.16. The van der Waals surface area contributed by atoms with E-state index in [9.17, 15) is 4.79 Å². The minimum absolute atomic E-state index is 0.0370. The normalized spacial score (nSPS) is 28.1. The summed E-state index contributed by atoms with van der Waals surface area (Å²) in [6.45, 7) is 3.65. The van der Waals surface area contributed by atoms with Gasteiger partial charge in [0.2, 0.25) is 0 Å². The number of amides is 1. The summed E-state index contributed by atoms with van der Waals surface area (Å²) in [4.78, 5) is 13.4. The number of hydrazine groups is 1. The number of nitrogens with one attached hydrogen (secondary N) is 1. The third-order valence-electron chi connectivity index (χ3n) is 2.36. The number of nitrogens with zero attached hydrogens (tertiary/aromatic N) is 2. The predicted molar refractivity (Wildman–Crippen MR) is 44.8 cm³/mol. The third-order valence-corrected chi connectivity index (χ3v) is 2.36. The number of fused-ring (bicyclic) bond motifs is 1. The minimum atomic E-state index is 0.0370. The van der Waals surface area contributed by atoms with Crippen molar-refractivity contribution in [3.8, 4) is 0 Å². The van der Waals surface area contributed by atoms with Crippen LogP contribution in [0.15, 0.2) is 12.4 Å². The van der Waals surface area contributed by atoms with Crippen molar-refractivity contribution in [3.63, 3.8) is 0 Å². The molecule has 0 aliphatic carbocycles. The number of likely N-dealkylation sites (N-methyl/N-ethyl adjacent to an activating group) is 1. The predicted octanol–water partition coefficient (Wildman–Crippen LogP) is -0.101. The number of hydrogen-bond acceptors (Lipinski definition) is 3. The topological polar surface area (TPSA) is 35.6 Å². The van der Waals surface area contributed by atoms with Crippen LogP contribution in [-0.4, -0.2) is 34.9 Å². The Bertz CT molecular complexity index is 226. The molecule has 0 aromatic heterocycles. The lowest BCUT2D eigenvalue weighted by atomic mass is 10.2. The molecule has 2 rings (SSSR count).